The Bertz CT molecular complexity index is 733. The fourth-order valence-corrected chi connectivity index (χ4v) is 2.07. The zero-order valence-electron chi connectivity index (χ0n) is 12.6. The van der Waals surface area contributed by atoms with Gasteiger partial charge in [-0.15, -0.1) is 0 Å². The summed E-state index contributed by atoms with van der Waals surface area (Å²) in [7, 11) is 3.33. The van der Waals surface area contributed by atoms with Crippen LogP contribution in [0.25, 0.3) is 0 Å². The molecule has 0 bridgehead atoms. The maximum Gasteiger partial charge on any atom is 0.323 e. The molecule has 23 heavy (non-hydrogen) atoms. The van der Waals surface area contributed by atoms with Crippen molar-refractivity contribution in [3.05, 3.63) is 58.3 Å². The molecule has 0 fully saturated rings. The molecule has 2 N–H and O–H groups in total. The summed E-state index contributed by atoms with van der Waals surface area (Å²) in [6.45, 7) is 0. The zero-order valence-corrected chi connectivity index (χ0v) is 14.1. The number of anilines is 2. The predicted molar refractivity (Wildman–Crippen MR) is 91.2 cm³/mol. The highest BCUT2D eigenvalue weighted by Crippen LogP contribution is 2.19. The fraction of sp³-hybridized carbons (Fsp3) is 0.125. The second-order valence-electron chi connectivity index (χ2n) is 4.98. The first kappa shape index (κ1) is 17.0. The molecular weight excluding hydrogens is 365 g/mol. The lowest BCUT2D eigenvalue weighted by molar-refractivity contribution is 0.0827. The third kappa shape index (κ3) is 4.53. The molecule has 0 atom stereocenters. The molecule has 2 rings (SSSR count). The van der Waals surface area contributed by atoms with Crippen molar-refractivity contribution >= 4 is 39.2 Å². The largest absolute Gasteiger partial charge is 0.345 e. The Kier molecular flexibility index (Phi) is 5.33. The monoisotopic (exact) mass is 379 g/mol. The van der Waals surface area contributed by atoms with E-state index in [-0.39, 0.29) is 5.91 Å². The van der Waals surface area contributed by atoms with Crippen molar-refractivity contribution in [2.45, 2.75) is 0 Å². The van der Waals surface area contributed by atoms with Gasteiger partial charge in [0.1, 0.15) is 5.82 Å². The van der Waals surface area contributed by atoms with Gasteiger partial charge in [0.25, 0.3) is 5.91 Å². The van der Waals surface area contributed by atoms with Gasteiger partial charge in [-0.2, -0.15) is 0 Å². The number of nitrogens with zero attached hydrogens (tertiary/aromatic N) is 1. The molecule has 0 saturated carbocycles. The van der Waals surface area contributed by atoms with Crippen molar-refractivity contribution in [2.75, 3.05) is 24.7 Å². The Hall–Kier alpha value is -2.41. The molecule has 0 aliphatic rings. The minimum absolute atomic E-state index is 0.119. The molecule has 0 radical (unpaired) electrons. The van der Waals surface area contributed by atoms with Gasteiger partial charge in [-0.05, 0) is 58.4 Å². The summed E-state index contributed by atoms with van der Waals surface area (Å²) in [5, 5.41) is 5.14. The van der Waals surface area contributed by atoms with Gasteiger partial charge in [-0.25, -0.2) is 9.18 Å². The van der Waals surface area contributed by atoms with Crippen LogP contribution in [-0.2, 0) is 0 Å². The molecule has 2 aromatic carbocycles. The zero-order chi connectivity index (χ0) is 17.0. The predicted octanol–water partition coefficient (Wildman–Crippen LogP) is 3.93. The van der Waals surface area contributed by atoms with E-state index >= 15 is 0 Å². The van der Waals surface area contributed by atoms with Gasteiger partial charge in [0.2, 0.25) is 0 Å². The normalized spacial score (nSPS) is 10.1. The van der Waals surface area contributed by atoms with Crippen LogP contribution in [0.15, 0.2) is 46.9 Å². The number of urea groups is 1. The molecule has 0 spiro atoms. The maximum absolute atomic E-state index is 13.4. The minimum Gasteiger partial charge on any atom is -0.345 e. The summed E-state index contributed by atoms with van der Waals surface area (Å²) in [6, 6.07) is 10.3. The van der Waals surface area contributed by atoms with Crippen molar-refractivity contribution in [1.29, 1.82) is 0 Å². The molecule has 0 aliphatic carbocycles. The van der Waals surface area contributed by atoms with E-state index in [4.69, 9.17) is 0 Å². The molecule has 0 saturated heterocycles. The summed E-state index contributed by atoms with van der Waals surface area (Å²) < 4.78 is 13.7. The number of carbonyl (C=O) groups excluding carboxylic acids is 2. The second kappa shape index (κ2) is 7.23. The summed E-state index contributed by atoms with van der Waals surface area (Å²) in [5.41, 5.74) is 1.38. The van der Waals surface area contributed by atoms with Crippen molar-refractivity contribution in [2.24, 2.45) is 0 Å². The van der Waals surface area contributed by atoms with Crippen LogP contribution < -0.4 is 10.6 Å². The van der Waals surface area contributed by atoms with Gasteiger partial charge in [0.05, 0.1) is 4.47 Å². The van der Waals surface area contributed by atoms with E-state index in [2.05, 4.69) is 26.6 Å². The standard InChI is InChI=1S/C16H15BrFN3O2/c1-21(2)15(22)10-3-5-11(6-4-10)19-16(23)20-12-7-8-13(17)14(18)9-12/h3-9H,1-2H3,(H2,19,20,23). The van der Waals surface area contributed by atoms with Crippen LogP contribution in [-0.4, -0.2) is 30.9 Å². The van der Waals surface area contributed by atoms with Crippen LogP contribution in [0.5, 0.6) is 0 Å². The fourth-order valence-electron chi connectivity index (χ4n) is 1.82. The van der Waals surface area contributed by atoms with Gasteiger partial charge in [-0.1, -0.05) is 0 Å². The lowest BCUT2D eigenvalue weighted by atomic mass is 10.2. The lowest BCUT2D eigenvalue weighted by Gasteiger charge is -2.11. The highest BCUT2D eigenvalue weighted by Gasteiger charge is 2.09. The topological polar surface area (TPSA) is 61.4 Å². The summed E-state index contributed by atoms with van der Waals surface area (Å²) in [4.78, 5) is 25.1. The Morgan fingerprint density at radius 2 is 1.57 bits per heavy atom. The van der Waals surface area contributed by atoms with Gasteiger partial charge in [0, 0.05) is 31.0 Å². The van der Waals surface area contributed by atoms with Gasteiger partial charge in [0.15, 0.2) is 0 Å². The average molecular weight is 380 g/mol. The number of carbonyl (C=O) groups is 2. The van der Waals surface area contributed by atoms with E-state index in [1.165, 1.54) is 17.0 Å². The molecule has 3 amide bonds. The molecule has 7 heteroatoms. The first-order valence-electron chi connectivity index (χ1n) is 6.71. The molecule has 0 aliphatic heterocycles. The molecular formula is C16H15BrFN3O2. The third-order valence-corrected chi connectivity index (χ3v) is 3.62. The number of benzene rings is 2. The van der Waals surface area contributed by atoms with Crippen molar-refractivity contribution in [3.63, 3.8) is 0 Å². The number of rotatable bonds is 3. The molecule has 0 aromatic heterocycles. The first-order chi connectivity index (χ1) is 10.9. The number of nitrogens with one attached hydrogen (secondary N) is 2. The Morgan fingerprint density at radius 1 is 1.00 bits per heavy atom. The van der Waals surface area contributed by atoms with Crippen LogP contribution in [0.4, 0.5) is 20.6 Å². The Balaban J connectivity index is 2.00. The average Bonchev–Trinajstić information content (AvgIpc) is 2.51. The van der Waals surface area contributed by atoms with Crippen LogP contribution in [0.1, 0.15) is 10.4 Å². The molecule has 0 heterocycles. The van der Waals surface area contributed by atoms with E-state index in [0.29, 0.717) is 21.4 Å². The summed E-state index contributed by atoms with van der Waals surface area (Å²) >= 11 is 3.04. The highest BCUT2D eigenvalue weighted by molar-refractivity contribution is 9.10. The number of halogens is 2. The Labute approximate surface area is 141 Å². The van der Waals surface area contributed by atoms with Crippen molar-refractivity contribution in [3.8, 4) is 0 Å². The van der Waals surface area contributed by atoms with Gasteiger partial charge < -0.3 is 15.5 Å². The summed E-state index contributed by atoms with van der Waals surface area (Å²) in [6.07, 6.45) is 0. The molecule has 5 nitrogen and oxygen atoms in total. The van der Waals surface area contributed by atoms with E-state index in [0.717, 1.165) is 0 Å². The van der Waals surface area contributed by atoms with E-state index in [9.17, 15) is 14.0 Å². The van der Waals surface area contributed by atoms with Crippen LogP contribution in [0.3, 0.4) is 0 Å². The molecule has 0 unspecified atom stereocenters. The minimum atomic E-state index is -0.501. The van der Waals surface area contributed by atoms with Crippen LogP contribution >= 0.6 is 15.9 Å². The molecule has 120 valence electrons. The van der Waals surface area contributed by atoms with E-state index in [1.54, 1.807) is 44.4 Å². The van der Waals surface area contributed by atoms with E-state index < -0.39 is 11.8 Å². The number of amides is 3. The number of hydrogen-bond donors (Lipinski definition) is 2. The quantitative estimate of drug-likeness (QED) is 0.848. The highest BCUT2D eigenvalue weighted by atomic mass is 79.9. The maximum atomic E-state index is 13.4. The third-order valence-electron chi connectivity index (χ3n) is 2.97. The lowest BCUT2D eigenvalue weighted by Crippen LogP contribution is -2.22. The first-order valence-corrected chi connectivity index (χ1v) is 7.51. The van der Waals surface area contributed by atoms with Crippen molar-refractivity contribution < 1.29 is 14.0 Å². The van der Waals surface area contributed by atoms with Crippen LogP contribution in [0.2, 0.25) is 0 Å². The van der Waals surface area contributed by atoms with Crippen molar-refractivity contribution in [1.82, 2.24) is 4.90 Å². The SMILES string of the molecule is CN(C)C(=O)c1ccc(NC(=O)Nc2ccc(Br)c(F)c2)cc1. The van der Waals surface area contributed by atoms with Gasteiger partial charge >= 0.3 is 6.03 Å². The summed E-state index contributed by atoms with van der Waals surface area (Å²) in [5.74, 6) is -0.583. The van der Waals surface area contributed by atoms with Crippen LogP contribution in [0, 0.1) is 5.82 Å². The Morgan fingerprint density at radius 3 is 2.13 bits per heavy atom. The second-order valence-corrected chi connectivity index (χ2v) is 5.84. The van der Waals surface area contributed by atoms with E-state index in [1.807, 2.05) is 0 Å². The number of hydrogen-bond acceptors (Lipinski definition) is 2. The molecule has 2 aromatic rings. The smallest absolute Gasteiger partial charge is 0.323 e. The van der Waals surface area contributed by atoms with Gasteiger partial charge in [-0.3, -0.25) is 4.79 Å².